The van der Waals surface area contributed by atoms with Gasteiger partial charge in [0.25, 0.3) is 0 Å². The number of carboxylic acids is 1. The molecule has 3 fully saturated rings. The molecule has 0 aromatic carbocycles. The van der Waals surface area contributed by atoms with E-state index in [1.54, 1.807) is 6.08 Å². The van der Waals surface area contributed by atoms with Crippen LogP contribution in [0.1, 0.15) is 73.1 Å². The van der Waals surface area contributed by atoms with E-state index in [4.69, 9.17) is 0 Å². The molecule has 0 aromatic heterocycles. The van der Waals surface area contributed by atoms with E-state index in [-0.39, 0.29) is 22.8 Å². The van der Waals surface area contributed by atoms with E-state index in [2.05, 4.69) is 39.5 Å². The molecule has 3 aliphatic carbocycles. The molecule has 4 aliphatic rings. The van der Waals surface area contributed by atoms with Gasteiger partial charge in [0.05, 0.1) is 0 Å². The zero-order valence-corrected chi connectivity index (χ0v) is 18.7. The van der Waals surface area contributed by atoms with Crippen LogP contribution in [-0.4, -0.2) is 50.5 Å². The average Bonchev–Trinajstić information content (AvgIpc) is 2.97. The fourth-order valence-electron chi connectivity index (χ4n) is 7.66. The van der Waals surface area contributed by atoms with Crippen molar-refractivity contribution < 1.29 is 20.1 Å². The number of aliphatic hydroxyl groups is 2. The van der Waals surface area contributed by atoms with Crippen LogP contribution in [0.25, 0.3) is 0 Å². The number of hydrogen-bond acceptors (Lipinski definition) is 4. The minimum Gasteiger partial charge on any atom is -0.479 e. The highest BCUT2D eigenvalue weighted by Gasteiger charge is 2.62. The molecule has 7 atom stereocenters. The SMILES string of the molecule is CC(C)(C)N1C[C@H]2[C@@H]3CC[C@H](CO)[C@@]3(C)CC[C@@H]2[C@@]2(C)CC[C@@](O)(C(=O)O)C=C12. The molecule has 1 aliphatic heterocycles. The maximum absolute atomic E-state index is 11.8. The Hall–Kier alpha value is -1.07. The van der Waals surface area contributed by atoms with Gasteiger partial charge in [0.1, 0.15) is 0 Å². The van der Waals surface area contributed by atoms with Crippen molar-refractivity contribution in [3.05, 3.63) is 11.8 Å². The fourth-order valence-corrected chi connectivity index (χ4v) is 7.66. The van der Waals surface area contributed by atoms with E-state index >= 15 is 0 Å². The second-order valence-corrected chi connectivity index (χ2v) is 11.8. The number of fused-ring (bicyclic) bond motifs is 5. The molecule has 0 aromatic rings. The third-order valence-corrected chi connectivity index (χ3v) is 9.52. The van der Waals surface area contributed by atoms with Gasteiger partial charge in [-0.3, -0.25) is 0 Å². The molecule has 0 unspecified atom stereocenters. The van der Waals surface area contributed by atoms with Crippen molar-refractivity contribution in [2.24, 2.45) is 34.5 Å². The van der Waals surface area contributed by atoms with Gasteiger partial charge < -0.3 is 20.2 Å². The van der Waals surface area contributed by atoms with Crippen molar-refractivity contribution in [2.45, 2.75) is 84.3 Å². The number of aliphatic hydroxyl groups excluding tert-OH is 1. The van der Waals surface area contributed by atoms with E-state index in [9.17, 15) is 20.1 Å². The number of carbonyl (C=O) groups is 1. The van der Waals surface area contributed by atoms with Crippen LogP contribution in [0.3, 0.4) is 0 Å². The molecule has 0 spiro atoms. The summed E-state index contributed by atoms with van der Waals surface area (Å²) in [5.74, 6) is 0.955. The number of likely N-dealkylation sites (tertiary alicyclic amines) is 1. The first-order valence-corrected chi connectivity index (χ1v) is 11.4. The van der Waals surface area contributed by atoms with Gasteiger partial charge in [0, 0.05) is 29.8 Å². The summed E-state index contributed by atoms with van der Waals surface area (Å²) in [6.45, 7) is 12.5. The molecule has 5 nitrogen and oxygen atoms in total. The Labute approximate surface area is 175 Å². The van der Waals surface area contributed by atoms with Crippen molar-refractivity contribution in [3.8, 4) is 0 Å². The topological polar surface area (TPSA) is 81.0 Å². The van der Waals surface area contributed by atoms with Gasteiger partial charge in [-0.25, -0.2) is 4.79 Å². The second kappa shape index (κ2) is 6.46. The number of aliphatic carboxylic acids is 1. The van der Waals surface area contributed by atoms with Gasteiger partial charge >= 0.3 is 5.97 Å². The highest BCUT2D eigenvalue weighted by molar-refractivity contribution is 5.80. The Morgan fingerprint density at radius 3 is 2.41 bits per heavy atom. The maximum atomic E-state index is 11.8. The smallest absolute Gasteiger partial charge is 0.339 e. The first kappa shape index (κ1) is 21.2. The molecule has 3 N–H and O–H groups in total. The lowest BCUT2D eigenvalue weighted by molar-refractivity contribution is -0.158. The summed E-state index contributed by atoms with van der Waals surface area (Å²) in [6, 6.07) is 0. The van der Waals surface area contributed by atoms with Crippen molar-refractivity contribution in [1.29, 1.82) is 0 Å². The minimum atomic E-state index is -1.76. The summed E-state index contributed by atoms with van der Waals surface area (Å²) < 4.78 is 0. The van der Waals surface area contributed by atoms with Gasteiger partial charge in [-0.2, -0.15) is 0 Å². The second-order valence-electron chi connectivity index (χ2n) is 11.8. The van der Waals surface area contributed by atoms with Gasteiger partial charge in [-0.05, 0) is 94.5 Å². The normalized spacial score (nSPS) is 47.1. The number of rotatable bonds is 2. The van der Waals surface area contributed by atoms with Crippen LogP contribution in [0, 0.1) is 34.5 Å². The van der Waals surface area contributed by atoms with E-state index in [1.165, 1.54) is 6.42 Å². The summed E-state index contributed by atoms with van der Waals surface area (Å²) in [6.07, 6.45) is 7.26. The van der Waals surface area contributed by atoms with Crippen molar-refractivity contribution in [1.82, 2.24) is 4.90 Å². The van der Waals surface area contributed by atoms with E-state index in [0.29, 0.717) is 36.7 Å². The highest BCUT2D eigenvalue weighted by Crippen LogP contribution is 2.66. The van der Waals surface area contributed by atoms with Crippen LogP contribution >= 0.6 is 0 Å². The molecule has 1 saturated heterocycles. The molecule has 0 bridgehead atoms. The monoisotopic (exact) mass is 405 g/mol. The van der Waals surface area contributed by atoms with Crippen LogP contribution in [0.5, 0.6) is 0 Å². The predicted molar refractivity (Wildman–Crippen MR) is 112 cm³/mol. The zero-order valence-electron chi connectivity index (χ0n) is 18.7. The quantitative estimate of drug-likeness (QED) is 0.653. The van der Waals surface area contributed by atoms with Gasteiger partial charge in [-0.15, -0.1) is 0 Å². The standard InChI is InChI=1S/C24H39NO4/c1-21(2,3)25-13-16-17-7-6-15(14-26)22(17,4)9-8-18(16)23(5)10-11-24(29,20(27)28)12-19(23)25/h12,15-18,26,29H,6-11,13-14H2,1-5H3,(H,27,28)/t15-,16+,17+,18+,22-,23-,24+/m1/s1. The maximum Gasteiger partial charge on any atom is 0.339 e. The Morgan fingerprint density at radius 2 is 1.83 bits per heavy atom. The molecule has 0 amide bonds. The molecular weight excluding hydrogens is 366 g/mol. The Kier molecular flexibility index (Phi) is 4.72. The lowest BCUT2D eigenvalue weighted by atomic mass is 9.49. The van der Waals surface area contributed by atoms with Gasteiger partial charge in [0.15, 0.2) is 5.60 Å². The minimum absolute atomic E-state index is 0.101. The summed E-state index contributed by atoms with van der Waals surface area (Å²) in [7, 11) is 0. The molecule has 4 rings (SSSR count). The van der Waals surface area contributed by atoms with Gasteiger partial charge in [0.2, 0.25) is 0 Å². The summed E-state index contributed by atoms with van der Waals surface area (Å²) in [5.41, 5.74) is -0.742. The Bertz CT molecular complexity index is 727. The zero-order chi connectivity index (χ0) is 21.4. The number of carboxylic acid groups (broad SMARTS) is 1. The highest BCUT2D eigenvalue weighted by atomic mass is 16.4. The first-order valence-electron chi connectivity index (χ1n) is 11.4. The largest absolute Gasteiger partial charge is 0.479 e. The first-order chi connectivity index (χ1) is 13.4. The number of nitrogens with zero attached hydrogens (tertiary/aromatic N) is 1. The lowest BCUT2D eigenvalue weighted by Gasteiger charge is -2.63. The van der Waals surface area contributed by atoms with E-state index in [0.717, 1.165) is 31.5 Å². The van der Waals surface area contributed by atoms with E-state index in [1.807, 2.05) is 0 Å². The Morgan fingerprint density at radius 1 is 1.14 bits per heavy atom. The molecule has 2 saturated carbocycles. The van der Waals surface area contributed by atoms with Crippen LogP contribution in [0.2, 0.25) is 0 Å². The summed E-state index contributed by atoms with van der Waals surface area (Å²) >= 11 is 0. The molecule has 0 radical (unpaired) electrons. The molecule has 5 heteroatoms. The molecule has 164 valence electrons. The van der Waals surface area contributed by atoms with Crippen molar-refractivity contribution in [2.75, 3.05) is 13.2 Å². The van der Waals surface area contributed by atoms with Gasteiger partial charge in [-0.1, -0.05) is 13.8 Å². The number of piperidine rings is 1. The lowest BCUT2D eigenvalue weighted by Crippen LogP contribution is -2.62. The summed E-state index contributed by atoms with van der Waals surface area (Å²) in [4.78, 5) is 14.2. The molecule has 29 heavy (non-hydrogen) atoms. The van der Waals surface area contributed by atoms with Crippen LogP contribution in [0.15, 0.2) is 11.8 Å². The average molecular weight is 406 g/mol. The van der Waals surface area contributed by atoms with Crippen molar-refractivity contribution >= 4 is 5.97 Å². The number of hydrogen-bond donors (Lipinski definition) is 3. The van der Waals surface area contributed by atoms with Crippen molar-refractivity contribution in [3.63, 3.8) is 0 Å². The fraction of sp³-hybridized carbons (Fsp3) is 0.875. The van der Waals surface area contributed by atoms with E-state index < -0.39 is 11.6 Å². The Balaban J connectivity index is 1.79. The molecule has 1 heterocycles. The third-order valence-electron chi connectivity index (χ3n) is 9.52. The van der Waals surface area contributed by atoms with Crippen LogP contribution < -0.4 is 0 Å². The third kappa shape index (κ3) is 2.90. The van der Waals surface area contributed by atoms with Crippen LogP contribution in [0.4, 0.5) is 0 Å². The number of allylic oxidation sites excluding steroid dienone is 1. The molecular formula is C24H39NO4. The summed E-state index contributed by atoms with van der Waals surface area (Å²) in [5, 5.41) is 30.5. The van der Waals surface area contributed by atoms with Crippen LogP contribution in [-0.2, 0) is 4.79 Å². The predicted octanol–water partition coefficient (Wildman–Crippen LogP) is 3.65.